The van der Waals surface area contributed by atoms with Gasteiger partial charge < -0.3 is 9.94 Å². The van der Waals surface area contributed by atoms with E-state index in [4.69, 9.17) is 5.21 Å². The molecule has 0 radical (unpaired) electrons. The first-order chi connectivity index (χ1) is 10.7. The van der Waals surface area contributed by atoms with Crippen molar-refractivity contribution in [2.45, 2.75) is 19.3 Å². The fourth-order valence-electron chi connectivity index (χ4n) is 2.21. The van der Waals surface area contributed by atoms with Crippen LogP contribution in [0.15, 0.2) is 47.6 Å². The molecule has 0 unspecified atom stereocenters. The van der Waals surface area contributed by atoms with Crippen molar-refractivity contribution in [3.63, 3.8) is 0 Å². The number of hydrogen-bond donors (Lipinski definition) is 1. The maximum absolute atomic E-state index is 12.4. The summed E-state index contributed by atoms with van der Waals surface area (Å²) in [6.07, 6.45) is 0.795. The number of hydrogen-bond acceptors (Lipinski definition) is 5. The van der Waals surface area contributed by atoms with Crippen LogP contribution < -0.4 is 0 Å². The minimum atomic E-state index is -0.351. The Bertz CT molecular complexity index is 721. The van der Waals surface area contributed by atoms with Gasteiger partial charge in [0.25, 0.3) is 0 Å². The first-order valence-corrected chi connectivity index (χ1v) is 6.97. The summed E-state index contributed by atoms with van der Waals surface area (Å²) in [5.74, 6) is -0.687. The molecule has 0 aromatic heterocycles. The van der Waals surface area contributed by atoms with Crippen molar-refractivity contribution in [2.75, 3.05) is 7.11 Å². The number of fused-ring (bicyclic) bond motifs is 1. The summed E-state index contributed by atoms with van der Waals surface area (Å²) in [4.78, 5) is 23.4. The van der Waals surface area contributed by atoms with E-state index in [1.165, 1.54) is 7.11 Å². The second kappa shape index (κ2) is 7.36. The monoisotopic (exact) mass is 299 g/mol. The van der Waals surface area contributed by atoms with Crippen LogP contribution in [0, 0.1) is 0 Å². The molecule has 0 aliphatic rings. The third-order valence-electron chi connectivity index (χ3n) is 3.42. The molecule has 5 nitrogen and oxygen atoms in total. The highest BCUT2D eigenvalue weighted by Crippen LogP contribution is 2.17. The van der Waals surface area contributed by atoms with Crippen LogP contribution in [0.4, 0.5) is 0 Å². The van der Waals surface area contributed by atoms with Crippen LogP contribution in [0.3, 0.4) is 0 Å². The van der Waals surface area contributed by atoms with Gasteiger partial charge in [0.15, 0.2) is 0 Å². The number of benzene rings is 2. The molecule has 22 heavy (non-hydrogen) atoms. The summed E-state index contributed by atoms with van der Waals surface area (Å²) in [6.45, 7) is 0. The summed E-state index contributed by atoms with van der Waals surface area (Å²) in [5.41, 5.74) is 0.503. The maximum atomic E-state index is 12.4. The second-order valence-electron chi connectivity index (χ2n) is 4.87. The Balaban J connectivity index is 2.11. The van der Waals surface area contributed by atoms with Crippen LogP contribution in [-0.4, -0.2) is 29.8 Å². The fraction of sp³-hybridized carbons (Fsp3) is 0.235. The van der Waals surface area contributed by atoms with Crippen LogP contribution in [0.1, 0.15) is 29.6 Å². The SMILES string of the molecule is COC(=O)CCC/C(=N/O)C(=O)c1ccc2ccccc2c1. The maximum Gasteiger partial charge on any atom is 0.305 e. The molecule has 0 atom stereocenters. The molecule has 1 N–H and O–H groups in total. The zero-order valence-corrected chi connectivity index (χ0v) is 12.3. The predicted octanol–water partition coefficient (Wildman–Crippen LogP) is 3.20. The number of nitrogens with zero attached hydrogens (tertiary/aromatic N) is 1. The third-order valence-corrected chi connectivity index (χ3v) is 3.42. The highest BCUT2D eigenvalue weighted by atomic mass is 16.5. The Morgan fingerprint density at radius 1 is 1.09 bits per heavy atom. The van der Waals surface area contributed by atoms with Gasteiger partial charge >= 0.3 is 5.97 Å². The van der Waals surface area contributed by atoms with E-state index in [0.717, 1.165) is 10.8 Å². The summed E-state index contributed by atoms with van der Waals surface area (Å²) in [7, 11) is 1.31. The van der Waals surface area contributed by atoms with Gasteiger partial charge in [-0.15, -0.1) is 0 Å². The Hall–Kier alpha value is -2.69. The van der Waals surface area contributed by atoms with Gasteiger partial charge in [-0.3, -0.25) is 9.59 Å². The molecule has 2 aromatic rings. The zero-order chi connectivity index (χ0) is 15.9. The van der Waals surface area contributed by atoms with E-state index in [1.807, 2.05) is 30.3 Å². The van der Waals surface area contributed by atoms with Gasteiger partial charge in [-0.1, -0.05) is 41.6 Å². The van der Waals surface area contributed by atoms with Gasteiger partial charge in [0.05, 0.1) is 7.11 Å². The highest BCUT2D eigenvalue weighted by Gasteiger charge is 2.15. The largest absolute Gasteiger partial charge is 0.469 e. The van der Waals surface area contributed by atoms with Crippen LogP contribution in [-0.2, 0) is 9.53 Å². The molecular formula is C17H17NO4. The van der Waals surface area contributed by atoms with Gasteiger partial charge in [0.2, 0.25) is 5.78 Å². The van der Waals surface area contributed by atoms with E-state index in [0.29, 0.717) is 12.0 Å². The van der Waals surface area contributed by atoms with Crippen LogP contribution >= 0.6 is 0 Å². The first-order valence-electron chi connectivity index (χ1n) is 6.97. The third kappa shape index (κ3) is 3.69. The lowest BCUT2D eigenvalue weighted by Crippen LogP contribution is -2.15. The van der Waals surface area contributed by atoms with E-state index in [-0.39, 0.29) is 30.3 Å². The average Bonchev–Trinajstić information content (AvgIpc) is 2.57. The Morgan fingerprint density at radius 2 is 1.82 bits per heavy atom. The fourth-order valence-corrected chi connectivity index (χ4v) is 2.21. The molecular weight excluding hydrogens is 282 g/mol. The Kier molecular flexibility index (Phi) is 5.25. The van der Waals surface area contributed by atoms with Crippen molar-refractivity contribution in [2.24, 2.45) is 5.16 Å². The zero-order valence-electron chi connectivity index (χ0n) is 12.3. The van der Waals surface area contributed by atoms with Crippen LogP contribution in [0.2, 0.25) is 0 Å². The predicted molar refractivity (Wildman–Crippen MR) is 83.4 cm³/mol. The van der Waals surface area contributed by atoms with Crippen LogP contribution in [0.25, 0.3) is 10.8 Å². The minimum absolute atomic E-state index is 0.0409. The van der Waals surface area contributed by atoms with E-state index >= 15 is 0 Å². The molecule has 0 aliphatic heterocycles. The van der Waals surface area contributed by atoms with Gasteiger partial charge in [0, 0.05) is 12.0 Å². The summed E-state index contributed by atoms with van der Waals surface area (Å²) < 4.78 is 4.53. The van der Waals surface area contributed by atoms with Crippen molar-refractivity contribution >= 4 is 28.2 Å². The molecule has 0 saturated carbocycles. The molecule has 5 heteroatoms. The lowest BCUT2D eigenvalue weighted by molar-refractivity contribution is -0.140. The van der Waals surface area contributed by atoms with Crippen molar-refractivity contribution in [3.05, 3.63) is 48.0 Å². The highest BCUT2D eigenvalue weighted by molar-refractivity contribution is 6.46. The lowest BCUT2D eigenvalue weighted by Gasteiger charge is -2.05. The molecule has 2 aromatic carbocycles. The van der Waals surface area contributed by atoms with Crippen molar-refractivity contribution in [3.8, 4) is 0 Å². The van der Waals surface area contributed by atoms with E-state index in [9.17, 15) is 9.59 Å². The van der Waals surface area contributed by atoms with E-state index in [2.05, 4.69) is 9.89 Å². The number of Topliss-reactive ketones (excluding diaryl/α,β-unsaturated/α-hetero) is 1. The summed E-state index contributed by atoms with van der Waals surface area (Å²) in [5, 5.41) is 14.1. The van der Waals surface area contributed by atoms with Crippen molar-refractivity contribution < 1.29 is 19.5 Å². The van der Waals surface area contributed by atoms with Gasteiger partial charge in [-0.05, 0) is 29.7 Å². The second-order valence-corrected chi connectivity index (χ2v) is 4.87. The number of ketones is 1. The molecule has 0 fully saturated rings. The van der Waals surface area contributed by atoms with Crippen molar-refractivity contribution in [1.82, 2.24) is 0 Å². The molecule has 0 heterocycles. The number of carbonyl (C=O) groups is 2. The average molecular weight is 299 g/mol. The minimum Gasteiger partial charge on any atom is -0.469 e. The van der Waals surface area contributed by atoms with E-state index < -0.39 is 0 Å². The number of methoxy groups -OCH3 is 1. The Labute approximate surface area is 128 Å². The summed E-state index contributed by atoms with van der Waals surface area (Å²) >= 11 is 0. The van der Waals surface area contributed by atoms with Crippen LogP contribution in [0.5, 0.6) is 0 Å². The van der Waals surface area contributed by atoms with Gasteiger partial charge in [-0.2, -0.15) is 0 Å². The van der Waals surface area contributed by atoms with Gasteiger partial charge in [-0.25, -0.2) is 0 Å². The van der Waals surface area contributed by atoms with Crippen molar-refractivity contribution in [1.29, 1.82) is 0 Å². The quantitative estimate of drug-likeness (QED) is 0.292. The molecule has 0 amide bonds. The smallest absolute Gasteiger partial charge is 0.305 e. The number of ether oxygens (including phenoxy) is 1. The standard InChI is InChI=1S/C17H17NO4/c1-22-16(19)8-4-7-15(18-21)17(20)14-10-9-12-5-2-3-6-13(12)11-14/h2-3,5-6,9-11,21H,4,7-8H2,1H3/b18-15-. The first kappa shape index (κ1) is 15.7. The van der Waals surface area contributed by atoms with E-state index in [1.54, 1.807) is 12.1 Å². The number of rotatable bonds is 6. The molecule has 0 aliphatic carbocycles. The summed E-state index contributed by atoms with van der Waals surface area (Å²) in [6, 6.07) is 13.0. The van der Waals surface area contributed by atoms with Gasteiger partial charge in [0.1, 0.15) is 5.71 Å². The molecule has 0 spiro atoms. The normalized spacial score (nSPS) is 11.4. The number of esters is 1. The molecule has 0 saturated heterocycles. The molecule has 0 bridgehead atoms. The molecule has 114 valence electrons. The topological polar surface area (TPSA) is 76.0 Å². The number of carbonyl (C=O) groups excluding carboxylic acids is 2. The lowest BCUT2D eigenvalue weighted by atomic mass is 9.99. The molecule has 2 rings (SSSR count). The Morgan fingerprint density at radius 3 is 2.50 bits per heavy atom. The number of oxime groups is 1.